The van der Waals surface area contributed by atoms with E-state index < -0.39 is 0 Å². The Hall–Kier alpha value is -2.30. The summed E-state index contributed by atoms with van der Waals surface area (Å²) >= 11 is 0. The SMILES string of the molecule is COCCOCCc1noc(-c2ccc(C#N)cn2)n1. The largest absolute Gasteiger partial charge is 0.382 e. The summed E-state index contributed by atoms with van der Waals surface area (Å²) in [4.78, 5) is 8.31. The van der Waals surface area contributed by atoms with Crippen LogP contribution in [0.25, 0.3) is 11.6 Å². The van der Waals surface area contributed by atoms with Crippen LogP contribution in [0, 0.1) is 11.3 Å². The highest BCUT2D eigenvalue weighted by Crippen LogP contribution is 2.14. The Morgan fingerprint density at radius 2 is 2.20 bits per heavy atom. The second kappa shape index (κ2) is 7.33. The second-order valence-electron chi connectivity index (χ2n) is 3.91. The predicted molar refractivity (Wildman–Crippen MR) is 68.6 cm³/mol. The highest BCUT2D eigenvalue weighted by Gasteiger charge is 2.09. The normalized spacial score (nSPS) is 10.4. The van der Waals surface area contributed by atoms with E-state index >= 15 is 0 Å². The van der Waals surface area contributed by atoms with Crippen LogP contribution in [0.1, 0.15) is 11.4 Å². The first-order valence-electron chi connectivity index (χ1n) is 6.09. The Balaban J connectivity index is 1.89. The van der Waals surface area contributed by atoms with Crippen molar-refractivity contribution in [3.63, 3.8) is 0 Å². The smallest absolute Gasteiger partial charge is 0.276 e. The maximum atomic E-state index is 8.70. The van der Waals surface area contributed by atoms with E-state index in [9.17, 15) is 0 Å². The first-order chi connectivity index (χ1) is 9.83. The molecule has 0 bridgehead atoms. The van der Waals surface area contributed by atoms with Gasteiger partial charge in [-0.15, -0.1) is 0 Å². The quantitative estimate of drug-likeness (QED) is 0.700. The molecule has 0 aromatic carbocycles. The van der Waals surface area contributed by atoms with Gasteiger partial charge < -0.3 is 14.0 Å². The lowest BCUT2D eigenvalue weighted by Crippen LogP contribution is -2.05. The molecule has 0 fully saturated rings. The Bertz CT molecular complexity index is 574. The summed E-state index contributed by atoms with van der Waals surface area (Å²) in [6.07, 6.45) is 2.02. The number of rotatable bonds is 7. The fraction of sp³-hybridized carbons (Fsp3) is 0.385. The first-order valence-corrected chi connectivity index (χ1v) is 6.09. The van der Waals surface area contributed by atoms with Crippen molar-refractivity contribution in [1.82, 2.24) is 15.1 Å². The number of ether oxygens (including phenoxy) is 2. The lowest BCUT2D eigenvalue weighted by atomic mass is 10.3. The maximum Gasteiger partial charge on any atom is 0.276 e. The monoisotopic (exact) mass is 274 g/mol. The molecule has 0 saturated carbocycles. The molecule has 104 valence electrons. The summed E-state index contributed by atoms with van der Waals surface area (Å²) in [6, 6.07) is 5.32. The number of pyridine rings is 1. The number of methoxy groups -OCH3 is 1. The molecule has 0 spiro atoms. The molecule has 0 amide bonds. The van der Waals surface area contributed by atoms with E-state index in [1.807, 2.05) is 6.07 Å². The van der Waals surface area contributed by atoms with Gasteiger partial charge in [-0.3, -0.25) is 0 Å². The molecule has 0 aliphatic carbocycles. The molecule has 7 nitrogen and oxygen atoms in total. The Labute approximate surface area is 116 Å². The minimum Gasteiger partial charge on any atom is -0.382 e. The Morgan fingerprint density at radius 1 is 1.30 bits per heavy atom. The lowest BCUT2D eigenvalue weighted by Gasteiger charge is -1.99. The van der Waals surface area contributed by atoms with Gasteiger partial charge in [0.05, 0.1) is 25.4 Å². The predicted octanol–water partition coefficient (Wildman–Crippen LogP) is 1.21. The first kappa shape index (κ1) is 14.1. The van der Waals surface area contributed by atoms with Crippen molar-refractivity contribution in [1.29, 1.82) is 5.26 Å². The molecule has 2 aromatic rings. The van der Waals surface area contributed by atoms with Crippen LogP contribution in [-0.2, 0) is 15.9 Å². The van der Waals surface area contributed by atoms with Gasteiger partial charge >= 0.3 is 0 Å². The molecule has 0 aliphatic rings. The average molecular weight is 274 g/mol. The molecule has 0 saturated heterocycles. The Kier molecular flexibility index (Phi) is 5.17. The van der Waals surface area contributed by atoms with E-state index in [0.29, 0.717) is 49.2 Å². The van der Waals surface area contributed by atoms with E-state index in [0.717, 1.165) is 0 Å². The molecule has 2 heterocycles. The summed E-state index contributed by atoms with van der Waals surface area (Å²) in [6.45, 7) is 1.61. The highest BCUT2D eigenvalue weighted by atomic mass is 16.5. The molecule has 2 aromatic heterocycles. The molecule has 7 heteroatoms. The van der Waals surface area contributed by atoms with Crippen molar-refractivity contribution in [2.75, 3.05) is 26.9 Å². The number of nitrogens with zero attached hydrogens (tertiary/aromatic N) is 4. The number of aromatic nitrogens is 3. The van der Waals surface area contributed by atoms with Crippen molar-refractivity contribution in [3.8, 4) is 17.7 Å². The Morgan fingerprint density at radius 3 is 2.90 bits per heavy atom. The van der Waals surface area contributed by atoms with Gasteiger partial charge in [0.2, 0.25) is 0 Å². The van der Waals surface area contributed by atoms with Crippen molar-refractivity contribution in [2.24, 2.45) is 0 Å². The summed E-state index contributed by atoms with van der Waals surface area (Å²) in [5.41, 5.74) is 1.03. The lowest BCUT2D eigenvalue weighted by molar-refractivity contribution is 0.0714. The third-order valence-electron chi connectivity index (χ3n) is 2.48. The standard InChI is InChI=1S/C13H14N4O3/c1-18-6-7-19-5-4-12-16-13(20-17-12)11-3-2-10(8-14)9-15-11/h2-3,9H,4-7H2,1H3. The molecule has 0 N–H and O–H groups in total. The zero-order chi connectivity index (χ0) is 14.2. The van der Waals surface area contributed by atoms with Gasteiger partial charge in [-0.25, -0.2) is 4.98 Å². The molecular formula is C13H14N4O3. The van der Waals surface area contributed by atoms with Crippen molar-refractivity contribution >= 4 is 0 Å². The van der Waals surface area contributed by atoms with Crippen LogP contribution in [0.4, 0.5) is 0 Å². The van der Waals surface area contributed by atoms with Gasteiger partial charge in [0.15, 0.2) is 5.82 Å². The molecule has 0 atom stereocenters. The van der Waals surface area contributed by atoms with Crippen LogP contribution >= 0.6 is 0 Å². The third-order valence-corrected chi connectivity index (χ3v) is 2.48. The van der Waals surface area contributed by atoms with Crippen molar-refractivity contribution in [2.45, 2.75) is 6.42 Å². The van der Waals surface area contributed by atoms with E-state index in [2.05, 4.69) is 15.1 Å². The van der Waals surface area contributed by atoms with E-state index in [-0.39, 0.29) is 0 Å². The molecule has 20 heavy (non-hydrogen) atoms. The van der Waals surface area contributed by atoms with Crippen LogP contribution in [0.3, 0.4) is 0 Å². The fourth-order valence-corrected chi connectivity index (χ4v) is 1.45. The van der Waals surface area contributed by atoms with Crippen LogP contribution < -0.4 is 0 Å². The topological polar surface area (TPSA) is 94.1 Å². The van der Waals surface area contributed by atoms with Crippen LogP contribution in [0.2, 0.25) is 0 Å². The van der Waals surface area contributed by atoms with Crippen LogP contribution in [0.5, 0.6) is 0 Å². The van der Waals surface area contributed by atoms with E-state index in [1.165, 1.54) is 6.20 Å². The zero-order valence-electron chi connectivity index (χ0n) is 11.1. The molecular weight excluding hydrogens is 260 g/mol. The summed E-state index contributed by atoms with van der Waals surface area (Å²) in [5, 5.41) is 12.5. The van der Waals surface area contributed by atoms with Crippen LogP contribution in [0.15, 0.2) is 22.9 Å². The van der Waals surface area contributed by atoms with Gasteiger partial charge in [-0.1, -0.05) is 5.16 Å². The molecule has 0 unspecified atom stereocenters. The third kappa shape index (κ3) is 3.85. The van der Waals surface area contributed by atoms with E-state index in [4.69, 9.17) is 19.3 Å². The summed E-state index contributed by atoms with van der Waals surface area (Å²) < 4.78 is 15.3. The maximum absolute atomic E-state index is 8.70. The van der Waals surface area contributed by atoms with Gasteiger partial charge in [0.25, 0.3) is 5.89 Å². The fourth-order valence-electron chi connectivity index (χ4n) is 1.45. The summed E-state index contributed by atoms with van der Waals surface area (Å²) in [5.74, 6) is 0.893. The number of nitriles is 1. The van der Waals surface area contributed by atoms with Crippen molar-refractivity contribution < 1.29 is 14.0 Å². The average Bonchev–Trinajstić information content (AvgIpc) is 2.96. The highest BCUT2D eigenvalue weighted by molar-refractivity contribution is 5.47. The van der Waals surface area contributed by atoms with Gasteiger partial charge in [-0.05, 0) is 12.1 Å². The molecule has 0 radical (unpaired) electrons. The van der Waals surface area contributed by atoms with E-state index in [1.54, 1.807) is 19.2 Å². The number of hydrogen-bond acceptors (Lipinski definition) is 7. The minimum absolute atomic E-state index is 0.335. The van der Waals surface area contributed by atoms with Crippen molar-refractivity contribution in [3.05, 3.63) is 29.7 Å². The second-order valence-corrected chi connectivity index (χ2v) is 3.91. The molecule has 2 rings (SSSR count). The number of hydrogen-bond donors (Lipinski definition) is 0. The van der Waals surface area contributed by atoms with Gasteiger partial charge in [-0.2, -0.15) is 10.2 Å². The zero-order valence-corrected chi connectivity index (χ0v) is 11.1. The summed E-state index contributed by atoms with van der Waals surface area (Å²) in [7, 11) is 1.62. The van der Waals surface area contributed by atoms with Gasteiger partial charge in [0, 0.05) is 19.7 Å². The van der Waals surface area contributed by atoms with Crippen LogP contribution in [-0.4, -0.2) is 42.1 Å². The minimum atomic E-state index is 0.335. The van der Waals surface area contributed by atoms with Gasteiger partial charge in [0.1, 0.15) is 11.8 Å². The molecule has 0 aliphatic heterocycles.